The molecule has 0 atom stereocenters. The minimum Gasteiger partial charge on any atom is -0.372 e. The van der Waals surface area contributed by atoms with E-state index in [2.05, 4.69) is 22.3 Å². The number of benzene rings is 2. The number of nitrogens with one attached hydrogen (secondary N) is 1. The average Bonchev–Trinajstić information content (AvgIpc) is 3.14. The molecule has 2 aromatic rings. The molecule has 0 saturated carbocycles. The highest BCUT2D eigenvalue weighted by atomic mass is 32.2. The molecule has 0 aliphatic carbocycles. The molecule has 2 aliphatic heterocycles. The fourth-order valence-corrected chi connectivity index (χ4v) is 6.01. The molecule has 2 heterocycles. The molecule has 1 amide bonds. The maximum Gasteiger partial charge on any atom is 0.243 e. The van der Waals surface area contributed by atoms with Crippen LogP contribution < -0.4 is 10.2 Å². The van der Waals surface area contributed by atoms with Gasteiger partial charge in [0.15, 0.2) is 0 Å². The number of rotatable bonds is 5. The Morgan fingerprint density at radius 3 is 2.06 bits per heavy atom. The number of sulfonamides is 1. The second-order valence-corrected chi connectivity index (χ2v) is 10.7. The van der Waals surface area contributed by atoms with E-state index in [1.807, 2.05) is 18.2 Å². The average molecular weight is 467 g/mol. The number of piperidine rings is 1. The molecule has 33 heavy (non-hydrogen) atoms. The highest BCUT2D eigenvalue weighted by Gasteiger charge is 2.32. The Hall–Kier alpha value is -2.89. The molecule has 1 N–H and O–H groups in total. The molecule has 2 saturated heterocycles. The van der Waals surface area contributed by atoms with Gasteiger partial charge in [0.05, 0.1) is 16.5 Å². The van der Waals surface area contributed by atoms with Crippen molar-refractivity contribution in [1.82, 2.24) is 4.31 Å². The third kappa shape index (κ3) is 5.55. The molecular weight excluding hydrogens is 436 g/mol. The standard InChI is InChI=1S/C25H30N4O3S/c26-19-20-5-11-24(12-6-20)33(31,32)29-17-13-21(14-18-29)25(30)27-22-7-9-23(10-8-22)28-15-3-1-2-4-16-28/h5-12,21H,1-4,13-18H2,(H,27,30). The number of nitriles is 1. The van der Waals surface area contributed by atoms with Gasteiger partial charge in [0.2, 0.25) is 15.9 Å². The van der Waals surface area contributed by atoms with Gasteiger partial charge < -0.3 is 10.2 Å². The molecule has 0 radical (unpaired) electrons. The van der Waals surface area contributed by atoms with Crippen molar-refractivity contribution in [2.24, 2.45) is 5.92 Å². The van der Waals surface area contributed by atoms with E-state index in [-0.39, 0.29) is 16.7 Å². The van der Waals surface area contributed by atoms with E-state index in [4.69, 9.17) is 5.26 Å². The molecule has 7 nitrogen and oxygen atoms in total. The molecule has 2 fully saturated rings. The van der Waals surface area contributed by atoms with Crippen LogP contribution in [-0.2, 0) is 14.8 Å². The van der Waals surface area contributed by atoms with Gasteiger partial charge >= 0.3 is 0 Å². The van der Waals surface area contributed by atoms with E-state index in [9.17, 15) is 13.2 Å². The van der Waals surface area contributed by atoms with Crippen molar-refractivity contribution < 1.29 is 13.2 Å². The Morgan fingerprint density at radius 1 is 0.879 bits per heavy atom. The van der Waals surface area contributed by atoms with Crippen molar-refractivity contribution in [2.45, 2.75) is 43.4 Å². The Bertz CT molecular complexity index is 1090. The van der Waals surface area contributed by atoms with Crippen molar-refractivity contribution in [3.63, 3.8) is 0 Å². The lowest BCUT2D eigenvalue weighted by Gasteiger charge is -2.30. The minimum atomic E-state index is -3.63. The summed E-state index contributed by atoms with van der Waals surface area (Å²) in [6.07, 6.45) is 5.98. The monoisotopic (exact) mass is 466 g/mol. The summed E-state index contributed by atoms with van der Waals surface area (Å²) in [7, 11) is -3.63. The molecule has 0 spiro atoms. The summed E-state index contributed by atoms with van der Waals surface area (Å²) in [6, 6.07) is 15.9. The van der Waals surface area contributed by atoms with E-state index < -0.39 is 10.0 Å². The van der Waals surface area contributed by atoms with Crippen LogP contribution in [0.4, 0.5) is 11.4 Å². The zero-order valence-corrected chi connectivity index (χ0v) is 19.6. The number of hydrogen-bond acceptors (Lipinski definition) is 5. The first-order chi connectivity index (χ1) is 16.0. The zero-order valence-electron chi connectivity index (χ0n) is 18.7. The molecular formula is C25H30N4O3S. The molecule has 0 aromatic heterocycles. The van der Waals surface area contributed by atoms with E-state index in [0.717, 1.165) is 18.8 Å². The van der Waals surface area contributed by atoms with Crippen molar-refractivity contribution in [1.29, 1.82) is 5.26 Å². The van der Waals surface area contributed by atoms with E-state index in [0.29, 0.717) is 31.5 Å². The molecule has 2 aliphatic rings. The lowest BCUT2D eigenvalue weighted by Crippen LogP contribution is -2.41. The van der Waals surface area contributed by atoms with E-state index in [1.165, 1.54) is 59.9 Å². The van der Waals surface area contributed by atoms with Gasteiger partial charge in [0.25, 0.3) is 0 Å². The maximum atomic E-state index is 12.9. The predicted molar refractivity (Wildman–Crippen MR) is 128 cm³/mol. The summed E-state index contributed by atoms with van der Waals surface area (Å²) in [6.45, 7) is 2.76. The quantitative estimate of drug-likeness (QED) is 0.719. The van der Waals surface area contributed by atoms with Crippen LogP contribution in [0, 0.1) is 17.2 Å². The van der Waals surface area contributed by atoms with Gasteiger partial charge in [-0.15, -0.1) is 0 Å². The maximum absolute atomic E-state index is 12.9. The van der Waals surface area contributed by atoms with Crippen LogP contribution in [0.5, 0.6) is 0 Å². The SMILES string of the molecule is N#Cc1ccc(S(=O)(=O)N2CCC(C(=O)Nc3ccc(N4CCCCCC4)cc3)CC2)cc1. The number of carbonyl (C=O) groups excluding carboxylic acids is 1. The molecule has 4 rings (SSSR count). The van der Waals surface area contributed by atoms with Crippen LogP contribution in [0.3, 0.4) is 0 Å². The lowest BCUT2D eigenvalue weighted by atomic mass is 9.97. The first-order valence-electron chi connectivity index (χ1n) is 11.6. The molecule has 2 aromatic carbocycles. The van der Waals surface area contributed by atoms with Crippen molar-refractivity contribution in [3.05, 3.63) is 54.1 Å². The topological polar surface area (TPSA) is 93.5 Å². The molecule has 0 unspecified atom stereocenters. The third-order valence-corrected chi connectivity index (χ3v) is 8.46. The first kappa shape index (κ1) is 23.3. The van der Waals surface area contributed by atoms with Gasteiger partial charge in [-0.2, -0.15) is 9.57 Å². The molecule has 0 bridgehead atoms. The van der Waals surface area contributed by atoms with Crippen molar-refractivity contribution in [3.8, 4) is 6.07 Å². The van der Waals surface area contributed by atoms with Gasteiger partial charge in [-0.1, -0.05) is 12.8 Å². The van der Waals surface area contributed by atoms with E-state index in [1.54, 1.807) is 0 Å². The van der Waals surface area contributed by atoms with Gasteiger partial charge in [-0.25, -0.2) is 8.42 Å². The summed E-state index contributed by atoms with van der Waals surface area (Å²) in [5, 5.41) is 11.9. The summed E-state index contributed by atoms with van der Waals surface area (Å²) in [5.41, 5.74) is 2.38. The van der Waals surface area contributed by atoms with Crippen molar-refractivity contribution >= 4 is 27.3 Å². The largest absolute Gasteiger partial charge is 0.372 e. The number of nitrogens with zero attached hydrogens (tertiary/aromatic N) is 3. The normalized spacial score (nSPS) is 18.3. The fourth-order valence-electron chi connectivity index (χ4n) is 4.54. The molecule has 174 valence electrons. The van der Waals surface area contributed by atoms with Crippen LogP contribution in [-0.4, -0.2) is 44.8 Å². The Kier molecular flexibility index (Phi) is 7.31. The Morgan fingerprint density at radius 2 is 1.48 bits per heavy atom. The van der Waals surface area contributed by atoms with Gasteiger partial charge in [-0.05, 0) is 74.2 Å². The van der Waals surface area contributed by atoms with Gasteiger partial charge in [-0.3, -0.25) is 4.79 Å². The first-order valence-corrected chi connectivity index (χ1v) is 13.1. The highest BCUT2D eigenvalue weighted by Crippen LogP contribution is 2.26. The Balaban J connectivity index is 1.31. The lowest BCUT2D eigenvalue weighted by molar-refractivity contribution is -0.120. The summed E-state index contributed by atoms with van der Waals surface area (Å²) >= 11 is 0. The number of anilines is 2. The summed E-state index contributed by atoms with van der Waals surface area (Å²) < 4.78 is 27.2. The smallest absolute Gasteiger partial charge is 0.243 e. The van der Waals surface area contributed by atoms with Gasteiger partial charge in [0, 0.05) is 43.5 Å². The Labute approximate surface area is 196 Å². The van der Waals surface area contributed by atoms with Crippen LogP contribution in [0.25, 0.3) is 0 Å². The predicted octanol–water partition coefficient (Wildman–Crippen LogP) is 3.98. The third-order valence-electron chi connectivity index (χ3n) is 6.55. The second-order valence-electron chi connectivity index (χ2n) is 8.75. The highest BCUT2D eigenvalue weighted by molar-refractivity contribution is 7.89. The minimum absolute atomic E-state index is 0.0621. The summed E-state index contributed by atoms with van der Waals surface area (Å²) in [5.74, 6) is -0.282. The number of hydrogen-bond donors (Lipinski definition) is 1. The fraction of sp³-hybridized carbons (Fsp3) is 0.440. The van der Waals surface area contributed by atoms with Crippen LogP contribution in [0.2, 0.25) is 0 Å². The number of carbonyl (C=O) groups is 1. The molecule has 8 heteroatoms. The van der Waals surface area contributed by atoms with Crippen molar-refractivity contribution in [2.75, 3.05) is 36.4 Å². The van der Waals surface area contributed by atoms with Crippen LogP contribution >= 0.6 is 0 Å². The zero-order chi connectivity index (χ0) is 23.3. The summed E-state index contributed by atoms with van der Waals surface area (Å²) in [4.78, 5) is 15.4. The van der Waals surface area contributed by atoms with Crippen LogP contribution in [0.15, 0.2) is 53.4 Å². The number of amides is 1. The van der Waals surface area contributed by atoms with E-state index >= 15 is 0 Å². The van der Waals surface area contributed by atoms with Crippen LogP contribution in [0.1, 0.15) is 44.1 Å². The van der Waals surface area contributed by atoms with Gasteiger partial charge in [0.1, 0.15) is 0 Å². The second kappa shape index (κ2) is 10.4.